The number of hydrazone groups is 1. The molecule has 1 aliphatic heterocycles. The van der Waals surface area contributed by atoms with Crippen molar-refractivity contribution in [2.24, 2.45) is 16.9 Å². The second-order valence-corrected chi connectivity index (χ2v) is 9.53. The van der Waals surface area contributed by atoms with Crippen LogP contribution in [0.1, 0.15) is 39.7 Å². The fraction of sp³-hybridized carbons (Fsp3) is 0.160. The number of amides is 2. The third-order valence-corrected chi connectivity index (χ3v) is 7.48. The second kappa shape index (κ2) is 7.33. The molecule has 0 radical (unpaired) electrons. The van der Waals surface area contributed by atoms with Crippen LogP contribution in [0.15, 0.2) is 70.2 Å². The third-order valence-electron chi connectivity index (χ3n) is 7.02. The average Bonchev–Trinajstić information content (AvgIpc) is 3.09. The summed E-state index contributed by atoms with van der Waals surface area (Å²) in [5.74, 6) is -3.06. The normalized spacial score (nSPS) is 24.3. The molecule has 2 atom stereocenters. The van der Waals surface area contributed by atoms with Gasteiger partial charge >= 0.3 is 5.69 Å². The summed E-state index contributed by atoms with van der Waals surface area (Å²) in [4.78, 5) is 37.5. The molecule has 2 amide bonds. The quantitative estimate of drug-likeness (QED) is 0.241. The van der Waals surface area contributed by atoms with Crippen LogP contribution in [-0.2, 0) is 9.59 Å². The number of carbonyl (C=O) groups excluding carboxylic acids is 2. The molecule has 0 aromatic heterocycles. The maximum atomic E-state index is 13.5. The molecule has 0 unspecified atom stereocenters. The molecule has 0 spiro atoms. The van der Waals surface area contributed by atoms with Crippen LogP contribution in [0.2, 0.25) is 0 Å². The van der Waals surface area contributed by atoms with E-state index >= 15 is 0 Å². The summed E-state index contributed by atoms with van der Waals surface area (Å²) in [7, 11) is 0. The van der Waals surface area contributed by atoms with Gasteiger partial charge in [-0.05, 0) is 28.3 Å². The molecule has 1 fully saturated rings. The number of nitro groups is 1. The fourth-order valence-electron chi connectivity index (χ4n) is 5.74. The van der Waals surface area contributed by atoms with E-state index in [-0.39, 0.29) is 17.4 Å². The van der Waals surface area contributed by atoms with Gasteiger partial charge in [0, 0.05) is 27.9 Å². The van der Waals surface area contributed by atoms with Gasteiger partial charge in [0.2, 0.25) is 5.75 Å². The summed E-state index contributed by atoms with van der Waals surface area (Å²) in [5, 5.41) is 26.5. The van der Waals surface area contributed by atoms with Gasteiger partial charge in [0.1, 0.15) is 0 Å². The van der Waals surface area contributed by atoms with E-state index in [9.17, 15) is 24.8 Å². The lowest BCUT2D eigenvalue weighted by molar-refractivity contribution is -0.385. The predicted molar refractivity (Wildman–Crippen MR) is 125 cm³/mol. The summed E-state index contributed by atoms with van der Waals surface area (Å²) in [6, 6.07) is 18.4. The van der Waals surface area contributed by atoms with E-state index in [0.29, 0.717) is 4.47 Å². The lowest BCUT2D eigenvalue weighted by atomic mass is 9.55. The minimum Gasteiger partial charge on any atom is -0.502 e. The Bertz CT molecular complexity index is 1340. The Balaban J connectivity index is 1.43. The highest BCUT2D eigenvalue weighted by Crippen LogP contribution is 2.60. The van der Waals surface area contributed by atoms with Crippen molar-refractivity contribution in [1.82, 2.24) is 5.01 Å². The zero-order valence-electron chi connectivity index (χ0n) is 17.5. The van der Waals surface area contributed by atoms with Crippen LogP contribution in [0, 0.1) is 22.0 Å². The number of imide groups is 1. The fourth-order valence-corrected chi connectivity index (χ4v) is 6.20. The topological polar surface area (TPSA) is 113 Å². The Morgan fingerprint density at radius 3 is 1.82 bits per heavy atom. The molecule has 2 bridgehead atoms. The molecule has 9 heteroatoms. The minimum absolute atomic E-state index is 0.0195. The van der Waals surface area contributed by atoms with E-state index < -0.39 is 40.0 Å². The van der Waals surface area contributed by atoms with Gasteiger partial charge < -0.3 is 5.11 Å². The predicted octanol–water partition coefficient (Wildman–Crippen LogP) is 4.29. The maximum Gasteiger partial charge on any atom is 0.312 e. The lowest BCUT2D eigenvalue weighted by Gasteiger charge is -2.45. The van der Waals surface area contributed by atoms with E-state index in [4.69, 9.17) is 0 Å². The van der Waals surface area contributed by atoms with Crippen molar-refractivity contribution in [3.05, 3.63) is 103 Å². The van der Waals surface area contributed by atoms with Gasteiger partial charge in [0.05, 0.1) is 23.0 Å². The Labute approximate surface area is 201 Å². The van der Waals surface area contributed by atoms with Gasteiger partial charge in [-0.2, -0.15) is 10.1 Å². The Morgan fingerprint density at radius 2 is 1.38 bits per heavy atom. The first kappa shape index (κ1) is 20.7. The number of hydrogen-bond acceptors (Lipinski definition) is 6. The molecule has 1 heterocycles. The van der Waals surface area contributed by atoms with E-state index in [1.807, 2.05) is 48.5 Å². The van der Waals surface area contributed by atoms with Gasteiger partial charge in [-0.25, -0.2) is 0 Å². The minimum atomic E-state index is -0.718. The molecular weight excluding hydrogens is 502 g/mol. The Morgan fingerprint density at radius 1 is 0.912 bits per heavy atom. The zero-order chi connectivity index (χ0) is 23.7. The maximum absolute atomic E-state index is 13.5. The third kappa shape index (κ3) is 2.73. The van der Waals surface area contributed by atoms with Crippen LogP contribution in [0.5, 0.6) is 5.75 Å². The van der Waals surface area contributed by atoms with Gasteiger partial charge in [0.25, 0.3) is 11.8 Å². The SMILES string of the molecule is O=C1[C@H]2C3c4ccccc4C(c4ccccc43)[C@@H]2C(=O)N1/N=C\c1cc(Br)cc([N+](=O)[O-])c1O. The summed E-state index contributed by atoms with van der Waals surface area (Å²) in [6.07, 6.45) is 1.11. The molecule has 3 aromatic carbocycles. The number of rotatable bonds is 3. The number of nitrogens with zero attached hydrogens (tertiary/aromatic N) is 3. The highest BCUT2D eigenvalue weighted by molar-refractivity contribution is 9.10. The van der Waals surface area contributed by atoms with Crippen LogP contribution in [0.25, 0.3) is 0 Å². The van der Waals surface area contributed by atoms with Crippen molar-refractivity contribution in [3.63, 3.8) is 0 Å². The largest absolute Gasteiger partial charge is 0.502 e. The zero-order valence-corrected chi connectivity index (χ0v) is 19.0. The van der Waals surface area contributed by atoms with Crippen molar-refractivity contribution >= 4 is 39.6 Å². The van der Waals surface area contributed by atoms with Crippen LogP contribution >= 0.6 is 15.9 Å². The first-order chi connectivity index (χ1) is 16.4. The Kier molecular flexibility index (Phi) is 4.47. The van der Waals surface area contributed by atoms with E-state index in [0.717, 1.165) is 33.5 Å². The number of aromatic hydroxyl groups is 1. The van der Waals surface area contributed by atoms with Gasteiger partial charge in [-0.3, -0.25) is 19.7 Å². The number of halogens is 1. The highest BCUT2D eigenvalue weighted by atomic mass is 79.9. The molecule has 168 valence electrons. The molecule has 8 nitrogen and oxygen atoms in total. The van der Waals surface area contributed by atoms with Crippen molar-refractivity contribution in [1.29, 1.82) is 0 Å². The average molecular weight is 518 g/mol. The van der Waals surface area contributed by atoms with Crippen molar-refractivity contribution in [3.8, 4) is 5.75 Å². The standard InChI is InChI=1S/C25H16BrN3O5/c26-13-9-12(23(30)18(10-13)29(33)34)11-27-28-24(31)21-19-14-5-1-2-6-15(14)20(22(21)25(28)32)17-8-4-3-7-16(17)19/h1-11,19-22,30H/b27-11-/t19?,20?,21-,22-/m0/s1. The number of phenols is 1. The van der Waals surface area contributed by atoms with Crippen molar-refractivity contribution < 1.29 is 19.6 Å². The van der Waals surface area contributed by atoms with Gasteiger partial charge in [0.15, 0.2) is 0 Å². The summed E-state index contributed by atoms with van der Waals surface area (Å²) in [5.41, 5.74) is 3.73. The van der Waals surface area contributed by atoms with Crippen molar-refractivity contribution in [2.45, 2.75) is 11.8 Å². The summed E-state index contributed by atoms with van der Waals surface area (Å²) in [6.45, 7) is 0. The smallest absolute Gasteiger partial charge is 0.312 e. The summed E-state index contributed by atoms with van der Waals surface area (Å²) >= 11 is 3.17. The van der Waals surface area contributed by atoms with Crippen LogP contribution in [0.3, 0.4) is 0 Å². The molecule has 1 saturated heterocycles. The molecule has 3 aliphatic carbocycles. The number of nitro benzene ring substituents is 1. The highest BCUT2D eigenvalue weighted by Gasteiger charge is 2.61. The molecule has 0 saturated carbocycles. The monoisotopic (exact) mass is 517 g/mol. The second-order valence-electron chi connectivity index (χ2n) is 8.62. The Hall–Kier alpha value is -3.85. The number of carbonyl (C=O) groups is 2. The molecule has 7 rings (SSSR count). The van der Waals surface area contributed by atoms with Crippen molar-refractivity contribution in [2.75, 3.05) is 0 Å². The van der Waals surface area contributed by atoms with E-state index in [1.165, 1.54) is 12.1 Å². The lowest BCUT2D eigenvalue weighted by Crippen LogP contribution is -2.41. The molecule has 4 aliphatic rings. The number of phenolic OH excluding ortho intramolecular Hbond substituents is 1. The number of hydrogen-bond donors (Lipinski definition) is 1. The van der Waals surface area contributed by atoms with Crippen LogP contribution < -0.4 is 0 Å². The van der Waals surface area contributed by atoms with Crippen LogP contribution in [-0.4, -0.2) is 33.1 Å². The molecular formula is C25H16BrN3O5. The van der Waals surface area contributed by atoms with E-state index in [1.54, 1.807) is 0 Å². The first-order valence-corrected chi connectivity index (χ1v) is 11.4. The van der Waals surface area contributed by atoms with Gasteiger partial charge in [-0.1, -0.05) is 64.5 Å². The van der Waals surface area contributed by atoms with Gasteiger partial charge in [-0.15, -0.1) is 0 Å². The number of benzene rings is 3. The van der Waals surface area contributed by atoms with Crippen LogP contribution in [0.4, 0.5) is 5.69 Å². The van der Waals surface area contributed by atoms with E-state index in [2.05, 4.69) is 21.0 Å². The first-order valence-electron chi connectivity index (χ1n) is 10.6. The summed E-state index contributed by atoms with van der Waals surface area (Å²) < 4.78 is 0.357. The molecule has 3 aromatic rings. The molecule has 34 heavy (non-hydrogen) atoms. The molecule has 1 N–H and O–H groups in total.